The molecule has 3 N–H and O–H groups in total. The molecule has 2 amide bonds. The van der Waals surface area contributed by atoms with Crippen molar-refractivity contribution in [3.63, 3.8) is 0 Å². The molecule has 1 aromatic carbocycles. The summed E-state index contributed by atoms with van der Waals surface area (Å²) in [6, 6.07) is 7.35. The van der Waals surface area contributed by atoms with E-state index in [1.54, 1.807) is 23.2 Å². The van der Waals surface area contributed by atoms with Gasteiger partial charge in [0.25, 0.3) is 0 Å². The highest BCUT2D eigenvalue weighted by molar-refractivity contribution is 6.14. The SMILES string of the molecule is O=C1NCC[C@@]12Cc1cnc(Nc3ccc(OCCO)cc3)nc1N(C1CCCC1)C2=O. The molecule has 0 bridgehead atoms. The van der Waals surface area contributed by atoms with E-state index in [1.807, 2.05) is 12.1 Å². The molecule has 0 radical (unpaired) electrons. The van der Waals surface area contributed by atoms with Crippen LogP contribution in [0.3, 0.4) is 0 Å². The van der Waals surface area contributed by atoms with Crippen molar-refractivity contribution >= 4 is 29.3 Å². The van der Waals surface area contributed by atoms with Crippen molar-refractivity contribution in [1.82, 2.24) is 15.3 Å². The minimum atomic E-state index is -1.03. The Balaban J connectivity index is 1.44. The summed E-state index contributed by atoms with van der Waals surface area (Å²) < 4.78 is 5.39. The number of anilines is 3. The molecule has 9 nitrogen and oxygen atoms in total. The topological polar surface area (TPSA) is 117 Å². The second-order valence-corrected chi connectivity index (χ2v) is 8.64. The maximum Gasteiger partial charge on any atom is 0.244 e. The molecule has 9 heteroatoms. The van der Waals surface area contributed by atoms with E-state index in [-0.39, 0.29) is 31.1 Å². The van der Waals surface area contributed by atoms with Crippen LogP contribution in [-0.2, 0) is 16.0 Å². The van der Waals surface area contributed by atoms with E-state index in [1.165, 1.54) is 0 Å². The van der Waals surface area contributed by atoms with Gasteiger partial charge in [-0.15, -0.1) is 0 Å². The molecule has 1 aromatic heterocycles. The summed E-state index contributed by atoms with van der Waals surface area (Å²) in [5.41, 5.74) is 0.590. The number of nitrogens with zero attached hydrogens (tertiary/aromatic N) is 3. The fourth-order valence-electron chi connectivity index (χ4n) is 4.99. The number of fused-ring (bicyclic) bond motifs is 1. The average molecular weight is 438 g/mol. The van der Waals surface area contributed by atoms with Gasteiger partial charge in [-0.25, -0.2) is 4.98 Å². The molecule has 1 aliphatic carbocycles. The fraction of sp³-hybridized carbons (Fsp3) is 0.478. The van der Waals surface area contributed by atoms with E-state index in [2.05, 4.69) is 15.6 Å². The average Bonchev–Trinajstić information content (AvgIpc) is 3.45. The third-order valence-electron chi connectivity index (χ3n) is 6.62. The first-order valence-corrected chi connectivity index (χ1v) is 11.2. The number of aliphatic hydroxyl groups excluding tert-OH is 1. The molecule has 5 rings (SSSR count). The number of benzene rings is 1. The fourth-order valence-corrected chi connectivity index (χ4v) is 4.99. The summed E-state index contributed by atoms with van der Waals surface area (Å²) >= 11 is 0. The Bertz CT molecular complexity index is 1020. The first kappa shape index (κ1) is 20.7. The second-order valence-electron chi connectivity index (χ2n) is 8.64. The van der Waals surface area contributed by atoms with Crippen LogP contribution in [0.1, 0.15) is 37.7 Å². The summed E-state index contributed by atoms with van der Waals surface area (Å²) in [5, 5.41) is 14.9. The number of nitrogens with one attached hydrogen (secondary N) is 2. The van der Waals surface area contributed by atoms with E-state index in [4.69, 9.17) is 14.8 Å². The lowest BCUT2D eigenvalue weighted by Gasteiger charge is -2.40. The first-order chi connectivity index (χ1) is 15.6. The van der Waals surface area contributed by atoms with Crippen LogP contribution in [0.25, 0.3) is 0 Å². The van der Waals surface area contributed by atoms with Crippen molar-refractivity contribution < 1.29 is 19.4 Å². The Hall–Kier alpha value is -3.20. The van der Waals surface area contributed by atoms with Crippen LogP contribution in [0.15, 0.2) is 30.5 Å². The summed E-state index contributed by atoms with van der Waals surface area (Å²) in [5.74, 6) is 1.38. The summed E-state index contributed by atoms with van der Waals surface area (Å²) in [4.78, 5) is 37.3. The molecule has 1 saturated carbocycles. The number of carbonyl (C=O) groups is 2. The predicted octanol–water partition coefficient (Wildman–Crippen LogP) is 1.93. The highest BCUT2D eigenvalue weighted by atomic mass is 16.5. The van der Waals surface area contributed by atoms with Crippen LogP contribution < -0.4 is 20.3 Å². The minimum Gasteiger partial charge on any atom is -0.491 e. The van der Waals surface area contributed by atoms with E-state index in [0.717, 1.165) is 36.9 Å². The highest BCUT2D eigenvalue weighted by Crippen LogP contribution is 2.44. The van der Waals surface area contributed by atoms with Gasteiger partial charge in [-0.3, -0.25) is 14.5 Å². The monoisotopic (exact) mass is 437 g/mol. The van der Waals surface area contributed by atoms with E-state index >= 15 is 0 Å². The molecule has 2 aromatic rings. The van der Waals surface area contributed by atoms with Crippen LogP contribution in [0, 0.1) is 5.41 Å². The van der Waals surface area contributed by atoms with Gasteiger partial charge in [0, 0.05) is 36.5 Å². The van der Waals surface area contributed by atoms with Gasteiger partial charge in [0.05, 0.1) is 6.61 Å². The highest BCUT2D eigenvalue weighted by Gasteiger charge is 2.56. The van der Waals surface area contributed by atoms with Gasteiger partial charge in [0.1, 0.15) is 23.6 Å². The predicted molar refractivity (Wildman–Crippen MR) is 118 cm³/mol. The van der Waals surface area contributed by atoms with Gasteiger partial charge in [-0.1, -0.05) is 12.8 Å². The number of carbonyl (C=O) groups excluding carboxylic acids is 2. The van der Waals surface area contributed by atoms with E-state index < -0.39 is 5.41 Å². The quantitative estimate of drug-likeness (QED) is 0.591. The number of ether oxygens (including phenoxy) is 1. The number of rotatable bonds is 6. The lowest BCUT2D eigenvalue weighted by atomic mass is 9.76. The summed E-state index contributed by atoms with van der Waals surface area (Å²) in [7, 11) is 0. The first-order valence-electron chi connectivity index (χ1n) is 11.2. The molecular formula is C23H27N5O4. The maximum atomic E-state index is 13.7. The zero-order valence-electron chi connectivity index (χ0n) is 17.8. The molecule has 1 spiro atoms. The zero-order chi connectivity index (χ0) is 22.1. The molecule has 32 heavy (non-hydrogen) atoms. The molecule has 1 atom stereocenters. The standard InChI is InChI=1S/C23H27N5O4/c29-11-12-32-18-7-5-16(6-8-18)26-22-25-14-15-13-23(9-10-24-20(23)30)21(31)28(19(15)27-22)17-3-1-2-4-17/h5-8,14,17,29H,1-4,9-13H2,(H,24,30)(H,25,26,27)/t23-/m1/s1. The Morgan fingerprint density at radius 3 is 2.69 bits per heavy atom. The van der Waals surface area contributed by atoms with Gasteiger partial charge >= 0.3 is 0 Å². The Kier molecular flexibility index (Phi) is 5.42. The van der Waals surface area contributed by atoms with Gasteiger partial charge in [-0.05, 0) is 43.5 Å². The van der Waals surface area contributed by atoms with Crippen molar-refractivity contribution in [2.75, 3.05) is 30.0 Å². The van der Waals surface area contributed by atoms with Crippen LogP contribution >= 0.6 is 0 Å². The van der Waals surface area contributed by atoms with Crippen LogP contribution in [0.4, 0.5) is 17.5 Å². The maximum absolute atomic E-state index is 13.7. The van der Waals surface area contributed by atoms with Gasteiger partial charge in [-0.2, -0.15) is 4.98 Å². The number of aromatic nitrogens is 2. The molecule has 3 heterocycles. The smallest absolute Gasteiger partial charge is 0.244 e. The van der Waals surface area contributed by atoms with E-state index in [9.17, 15) is 9.59 Å². The summed E-state index contributed by atoms with van der Waals surface area (Å²) in [6.45, 7) is 0.726. The Morgan fingerprint density at radius 2 is 2.00 bits per heavy atom. The van der Waals surface area contributed by atoms with Crippen molar-refractivity contribution in [3.05, 3.63) is 36.0 Å². The van der Waals surface area contributed by atoms with Gasteiger partial charge in [0.2, 0.25) is 17.8 Å². The van der Waals surface area contributed by atoms with Crippen molar-refractivity contribution in [3.8, 4) is 5.75 Å². The lowest BCUT2D eigenvalue weighted by Crippen LogP contribution is -2.56. The lowest BCUT2D eigenvalue weighted by molar-refractivity contribution is -0.140. The number of aliphatic hydroxyl groups is 1. The van der Waals surface area contributed by atoms with E-state index in [0.29, 0.717) is 36.9 Å². The van der Waals surface area contributed by atoms with Crippen LogP contribution in [0.2, 0.25) is 0 Å². The van der Waals surface area contributed by atoms with Gasteiger partial charge in [0.15, 0.2) is 0 Å². The number of amides is 2. The van der Waals surface area contributed by atoms with Crippen molar-refractivity contribution in [2.45, 2.75) is 44.6 Å². The summed E-state index contributed by atoms with van der Waals surface area (Å²) in [6.07, 6.45) is 6.58. The minimum absolute atomic E-state index is 0.0396. The Morgan fingerprint density at radius 1 is 1.22 bits per heavy atom. The molecule has 3 aliphatic rings. The zero-order valence-corrected chi connectivity index (χ0v) is 17.8. The van der Waals surface area contributed by atoms with Crippen molar-refractivity contribution in [1.29, 1.82) is 0 Å². The number of hydrogen-bond donors (Lipinski definition) is 3. The molecule has 2 aliphatic heterocycles. The second kappa shape index (κ2) is 8.38. The Labute approximate surface area is 186 Å². The van der Waals surface area contributed by atoms with Crippen LogP contribution in [-0.4, -0.2) is 52.7 Å². The third-order valence-corrected chi connectivity index (χ3v) is 6.62. The third kappa shape index (κ3) is 3.56. The largest absolute Gasteiger partial charge is 0.491 e. The normalized spacial score (nSPS) is 22.8. The van der Waals surface area contributed by atoms with Gasteiger partial charge < -0.3 is 20.5 Å². The van der Waals surface area contributed by atoms with Crippen LogP contribution in [0.5, 0.6) is 5.75 Å². The molecule has 2 fully saturated rings. The molecular weight excluding hydrogens is 410 g/mol. The molecule has 0 unspecified atom stereocenters. The van der Waals surface area contributed by atoms with Crippen molar-refractivity contribution in [2.24, 2.45) is 5.41 Å². The molecule has 1 saturated heterocycles. The number of hydrogen-bond acceptors (Lipinski definition) is 7. The molecule has 168 valence electrons.